The van der Waals surface area contributed by atoms with Gasteiger partial charge in [0.05, 0.1) is 22.2 Å². The summed E-state index contributed by atoms with van der Waals surface area (Å²) in [6.45, 7) is 2.02. The summed E-state index contributed by atoms with van der Waals surface area (Å²) in [6, 6.07) is 10.0. The van der Waals surface area contributed by atoms with Crippen LogP contribution in [0.2, 0.25) is 5.02 Å². The van der Waals surface area contributed by atoms with E-state index in [9.17, 15) is 22.8 Å². The molecule has 2 amide bonds. The van der Waals surface area contributed by atoms with Crippen LogP contribution in [0.15, 0.2) is 42.5 Å². The van der Waals surface area contributed by atoms with Gasteiger partial charge >= 0.3 is 6.18 Å². The van der Waals surface area contributed by atoms with Crippen LogP contribution in [0.1, 0.15) is 17.5 Å². The molecule has 0 aromatic heterocycles. The average molecular weight is 397 g/mol. The monoisotopic (exact) mass is 396 g/mol. The Balaban J connectivity index is 1.76. The van der Waals surface area contributed by atoms with Gasteiger partial charge in [0.25, 0.3) is 0 Å². The molecule has 0 spiro atoms. The van der Waals surface area contributed by atoms with Crippen molar-refractivity contribution < 1.29 is 22.8 Å². The molecule has 0 saturated carbocycles. The number of carbonyl (C=O) groups excluding carboxylic acids is 2. The topological polar surface area (TPSA) is 49.4 Å². The zero-order valence-corrected chi connectivity index (χ0v) is 15.1. The molecule has 4 nitrogen and oxygen atoms in total. The maximum Gasteiger partial charge on any atom is 0.416 e. The lowest BCUT2D eigenvalue weighted by molar-refractivity contribution is -0.137. The standard InChI is InChI=1S/C19H16ClF3N2O2/c1-11-4-2-3-5-16(11)25-10-12(8-17(25)26)18(27)24-15-9-13(19(21,22)23)6-7-14(15)20/h2-7,9,12H,8,10H2,1H3,(H,24,27)/t12-/m0/s1. The lowest BCUT2D eigenvalue weighted by Crippen LogP contribution is -2.28. The average Bonchev–Trinajstić information content (AvgIpc) is 2.98. The Morgan fingerprint density at radius 3 is 2.59 bits per heavy atom. The zero-order valence-electron chi connectivity index (χ0n) is 14.3. The molecule has 2 aromatic carbocycles. The SMILES string of the molecule is Cc1ccccc1N1C[C@@H](C(=O)Nc2cc(C(F)(F)F)ccc2Cl)CC1=O. The maximum absolute atomic E-state index is 12.9. The molecule has 1 fully saturated rings. The van der Waals surface area contributed by atoms with E-state index < -0.39 is 23.6 Å². The number of rotatable bonds is 3. The Morgan fingerprint density at radius 1 is 1.22 bits per heavy atom. The van der Waals surface area contributed by atoms with Crippen molar-refractivity contribution in [3.8, 4) is 0 Å². The minimum atomic E-state index is -4.55. The third-order valence-electron chi connectivity index (χ3n) is 4.45. The number of amides is 2. The van der Waals surface area contributed by atoms with E-state index in [4.69, 9.17) is 11.6 Å². The van der Waals surface area contributed by atoms with Crippen molar-refractivity contribution in [2.45, 2.75) is 19.5 Å². The van der Waals surface area contributed by atoms with E-state index in [-0.39, 0.29) is 29.6 Å². The molecule has 27 heavy (non-hydrogen) atoms. The van der Waals surface area contributed by atoms with Crippen molar-refractivity contribution in [1.82, 2.24) is 0 Å². The summed E-state index contributed by atoms with van der Waals surface area (Å²) in [4.78, 5) is 26.3. The number of anilines is 2. The molecule has 0 bridgehead atoms. The molecular formula is C19H16ClF3N2O2. The Kier molecular flexibility index (Phi) is 5.15. The first kappa shape index (κ1) is 19.2. The molecule has 0 unspecified atom stereocenters. The molecule has 1 N–H and O–H groups in total. The fourth-order valence-electron chi connectivity index (χ4n) is 3.01. The lowest BCUT2D eigenvalue weighted by atomic mass is 10.1. The minimum absolute atomic E-state index is 0.00330. The van der Waals surface area contributed by atoms with Crippen LogP contribution in [0.25, 0.3) is 0 Å². The van der Waals surface area contributed by atoms with Crippen LogP contribution < -0.4 is 10.2 Å². The molecule has 1 heterocycles. The smallest absolute Gasteiger partial charge is 0.324 e. The number of benzene rings is 2. The summed E-state index contributed by atoms with van der Waals surface area (Å²) >= 11 is 5.91. The Morgan fingerprint density at radius 2 is 1.93 bits per heavy atom. The fraction of sp³-hybridized carbons (Fsp3) is 0.263. The van der Waals surface area contributed by atoms with Crippen LogP contribution in [0.4, 0.5) is 24.5 Å². The van der Waals surface area contributed by atoms with Crippen molar-refractivity contribution in [3.63, 3.8) is 0 Å². The number of hydrogen-bond donors (Lipinski definition) is 1. The van der Waals surface area contributed by atoms with Gasteiger partial charge in [0, 0.05) is 18.7 Å². The number of aryl methyl sites for hydroxylation is 1. The molecule has 1 atom stereocenters. The van der Waals surface area contributed by atoms with Crippen molar-refractivity contribution in [2.24, 2.45) is 5.92 Å². The molecule has 8 heteroatoms. The summed E-state index contributed by atoms with van der Waals surface area (Å²) in [5.74, 6) is -1.43. The van der Waals surface area contributed by atoms with Crippen molar-refractivity contribution in [3.05, 3.63) is 58.6 Å². The zero-order chi connectivity index (χ0) is 19.8. The molecule has 1 saturated heterocycles. The van der Waals surface area contributed by atoms with Crippen LogP contribution >= 0.6 is 11.6 Å². The molecular weight excluding hydrogens is 381 g/mol. The number of nitrogens with zero attached hydrogens (tertiary/aromatic N) is 1. The van der Waals surface area contributed by atoms with Crippen LogP contribution in [0, 0.1) is 12.8 Å². The van der Waals surface area contributed by atoms with Crippen molar-refractivity contribution in [2.75, 3.05) is 16.8 Å². The Bertz CT molecular complexity index is 899. The van der Waals surface area contributed by atoms with E-state index in [1.165, 1.54) is 4.90 Å². The highest BCUT2D eigenvalue weighted by atomic mass is 35.5. The van der Waals surface area contributed by atoms with Gasteiger partial charge in [-0.05, 0) is 36.8 Å². The minimum Gasteiger partial charge on any atom is -0.324 e. The second-order valence-electron chi connectivity index (χ2n) is 6.37. The van der Waals surface area contributed by atoms with Gasteiger partial charge in [0.2, 0.25) is 11.8 Å². The van der Waals surface area contributed by atoms with Gasteiger partial charge in [0.1, 0.15) is 0 Å². The normalized spacial score (nSPS) is 17.3. The van der Waals surface area contributed by atoms with E-state index in [0.717, 1.165) is 29.4 Å². The first-order valence-corrected chi connectivity index (χ1v) is 8.58. The van der Waals surface area contributed by atoms with Gasteiger partial charge in [-0.1, -0.05) is 29.8 Å². The Hall–Kier alpha value is -2.54. The molecule has 0 radical (unpaired) electrons. The predicted molar refractivity (Wildman–Crippen MR) is 96.7 cm³/mol. The van der Waals surface area contributed by atoms with Gasteiger partial charge in [-0.2, -0.15) is 13.2 Å². The highest BCUT2D eigenvalue weighted by molar-refractivity contribution is 6.33. The second-order valence-corrected chi connectivity index (χ2v) is 6.78. The van der Waals surface area contributed by atoms with Crippen LogP contribution in [-0.4, -0.2) is 18.4 Å². The number of nitrogens with one attached hydrogen (secondary N) is 1. The maximum atomic E-state index is 12.9. The van der Waals surface area contributed by atoms with Gasteiger partial charge < -0.3 is 10.2 Å². The van der Waals surface area contributed by atoms with Gasteiger partial charge in [-0.15, -0.1) is 0 Å². The summed E-state index contributed by atoms with van der Waals surface area (Å²) in [5, 5.41) is 2.42. The summed E-state index contributed by atoms with van der Waals surface area (Å²) in [7, 11) is 0. The van der Waals surface area contributed by atoms with E-state index in [1.807, 2.05) is 19.1 Å². The first-order chi connectivity index (χ1) is 12.7. The van der Waals surface area contributed by atoms with Crippen molar-refractivity contribution >= 4 is 34.8 Å². The fourth-order valence-corrected chi connectivity index (χ4v) is 3.18. The number of carbonyl (C=O) groups is 2. The first-order valence-electron chi connectivity index (χ1n) is 8.20. The molecule has 1 aliphatic heterocycles. The largest absolute Gasteiger partial charge is 0.416 e. The third-order valence-corrected chi connectivity index (χ3v) is 4.78. The predicted octanol–water partition coefficient (Wildman–Crippen LogP) is 4.66. The number of halogens is 4. The van der Waals surface area contributed by atoms with Crippen LogP contribution in [-0.2, 0) is 15.8 Å². The van der Waals surface area contributed by atoms with Gasteiger partial charge in [-0.3, -0.25) is 9.59 Å². The molecule has 2 aromatic rings. The summed E-state index contributed by atoms with van der Waals surface area (Å²) < 4.78 is 38.6. The lowest BCUT2D eigenvalue weighted by Gasteiger charge is -2.19. The second kappa shape index (κ2) is 7.23. The number of para-hydroxylation sites is 1. The summed E-state index contributed by atoms with van der Waals surface area (Å²) in [6.07, 6.45) is -4.56. The molecule has 142 valence electrons. The molecule has 3 rings (SSSR count). The van der Waals surface area contributed by atoms with Gasteiger partial charge in [0.15, 0.2) is 0 Å². The van der Waals surface area contributed by atoms with Crippen LogP contribution in [0.3, 0.4) is 0 Å². The number of hydrogen-bond acceptors (Lipinski definition) is 2. The highest BCUT2D eigenvalue weighted by Crippen LogP contribution is 2.34. The van der Waals surface area contributed by atoms with E-state index >= 15 is 0 Å². The van der Waals surface area contributed by atoms with Gasteiger partial charge in [-0.25, -0.2) is 0 Å². The third kappa shape index (κ3) is 4.08. The van der Waals surface area contributed by atoms with Crippen molar-refractivity contribution in [1.29, 1.82) is 0 Å². The summed E-state index contributed by atoms with van der Waals surface area (Å²) in [5.41, 5.74) is 0.576. The molecule has 0 aliphatic carbocycles. The quantitative estimate of drug-likeness (QED) is 0.820. The number of alkyl halides is 3. The van der Waals surface area contributed by atoms with E-state index in [1.54, 1.807) is 12.1 Å². The van der Waals surface area contributed by atoms with Crippen LogP contribution in [0.5, 0.6) is 0 Å². The Labute approximate surface area is 158 Å². The van der Waals surface area contributed by atoms with E-state index in [2.05, 4.69) is 5.32 Å². The van der Waals surface area contributed by atoms with E-state index in [0.29, 0.717) is 0 Å². The highest BCUT2D eigenvalue weighted by Gasteiger charge is 2.36. The molecule has 1 aliphatic rings.